The third-order valence-electron chi connectivity index (χ3n) is 4.19. The highest BCUT2D eigenvalue weighted by molar-refractivity contribution is 5.92. The highest BCUT2D eigenvalue weighted by Crippen LogP contribution is 2.23. The number of benzene rings is 2. The molecule has 0 saturated carbocycles. The Morgan fingerprint density at radius 3 is 2.52 bits per heavy atom. The molecule has 1 amide bonds. The Kier molecular flexibility index (Phi) is 6.23. The van der Waals surface area contributed by atoms with Gasteiger partial charge in [-0.1, -0.05) is 12.1 Å². The average Bonchev–Trinajstić information content (AvgIpc) is 2.62. The molecule has 29 heavy (non-hydrogen) atoms. The Morgan fingerprint density at radius 2 is 1.86 bits per heavy atom. The number of hydrogen-bond acceptors (Lipinski definition) is 5. The van der Waals surface area contributed by atoms with Gasteiger partial charge in [-0.3, -0.25) is 9.69 Å². The Hall–Kier alpha value is -3.26. The van der Waals surface area contributed by atoms with Gasteiger partial charge in [-0.05, 0) is 42.4 Å². The van der Waals surface area contributed by atoms with Crippen molar-refractivity contribution in [1.82, 2.24) is 4.90 Å². The zero-order chi connectivity index (χ0) is 21.0. The molecule has 1 N–H and O–H groups in total. The Labute approximate surface area is 165 Å². The van der Waals surface area contributed by atoms with Crippen molar-refractivity contribution in [2.45, 2.75) is 26.6 Å². The highest BCUT2D eigenvalue weighted by atomic mass is 19.3. The van der Waals surface area contributed by atoms with Crippen LogP contribution in [0.3, 0.4) is 0 Å². The molecule has 0 unspecified atom stereocenters. The van der Waals surface area contributed by atoms with Crippen molar-refractivity contribution in [3.8, 4) is 5.75 Å². The molecule has 152 valence electrons. The molecule has 6 nitrogen and oxygen atoms in total. The van der Waals surface area contributed by atoms with E-state index in [0.29, 0.717) is 24.4 Å². The van der Waals surface area contributed by atoms with Crippen molar-refractivity contribution in [3.63, 3.8) is 0 Å². The third-order valence-corrected chi connectivity index (χ3v) is 4.19. The summed E-state index contributed by atoms with van der Waals surface area (Å²) >= 11 is 0. The van der Waals surface area contributed by atoms with Gasteiger partial charge < -0.3 is 14.5 Å². The molecular weight excluding hydrogens is 382 g/mol. The highest BCUT2D eigenvalue weighted by Gasteiger charge is 2.11. The van der Waals surface area contributed by atoms with Crippen LogP contribution in [0, 0.1) is 0 Å². The lowest BCUT2D eigenvalue weighted by Gasteiger charge is -2.18. The molecule has 3 aromatic rings. The number of carbonyl (C=O) groups excluding carboxylic acids is 1. The van der Waals surface area contributed by atoms with Crippen molar-refractivity contribution in [3.05, 3.63) is 70.1 Å². The molecule has 0 aliphatic rings. The maximum atomic E-state index is 12.2. The lowest BCUT2D eigenvalue weighted by Crippen LogP contribution is -2.18. The second-order valence-electron chi connectivity index (χ2n) is 6.68. The van der Waals surface area contributed by atoms with Crippen LogP contribution in [0.15, 0.2) is 57.7 Å². The van der Waals surface area contributed by atoms with Gasteiger partial charge in [0.25, 0.3) is 0 Å². The summed E-state index contributed by atoms with van der Waals surface area (Å²) in [6.45, 7) is -0.442. The van der Waals surface area contributed by atoms with Crippen molar-refractivity contribution in [2.75, 3.05) is 12.4 Å². The summed E-state index contributed by atoms with van der Waals surface area (Å²) in [5.41, 5.74) is 2.15. The predicted octanol–water partition coefficient (Wildman–Crippen LogP) is 3.98. The summed E-state index contributed by atoms with van der Waals surface area (Å²) in [5, 5.41) is 3.43. The molecule has 8 heteroatoms. The quantitative estimate of drug-likeness (QED) is 0.605. The van der Waals surface area contributed by atoms with E-state index in [-0.39, 0.29) is 11.7 Å². The van der Waals surface area contributed by atoms with Crippen LogP contribution in [0.2, 0.25) is 0 Å². The molecule has 0 spiro atoms. The lowest BCUT2D eigenvalue weighted by molar-refractivity contribution is -0.114. The summed E-state index contributed by atoms with van der Waals surface area (Å²) in [6, 6.07) is 13.0. The molecular formula is C21H20F2N2O4. The topological polar surface area (TPSA) is 71.8 Å². The molecule has 3 rings (SSSR count). The smallest absolute Gasteiger partial charge is 0.387 e. The number of alkyl halides is 2. The zero-order valence-corrected chi connectivity index (χ0v) is 15.9. The Morgan fingerprint density at radius 1 is 1.14 bits per heavy atom. The van der Waals surface area contributed by atoms with E-state index in [4.69, 9.17) is 4.42 Å². The van der Waals surface area contributed by atoms with Gasteiger partial charge >= 0.3 is 12.2 Å². The van der Waals surface area contributed by atoms with Crippen molar-refractivity contribution in [2.24, 2.45) is 0 Å². The summed E-state index contributed by atoms with van der Waals surface area (Å²) in [4.78, 5) is 25.2. The van der Waals surface area contributed by atoms with Crippen molar-refractivity contribution < 1.29 is 22.7 Å². The van der Waals surface area contributed by atoms with Crippen LogP contribution in [0.1, 0.15) is 18.1 Å². The SMILES string of the molecule is CC(=O)Nc1ccc2c(CN(C)Cc3ccc(OC(F)F)cc3)cc(=O)oc2c1. The zero-order valence-electron chi connectivity index (χ0n) is 15.9. The van der Waals surface area contributed by atoms with E-state index >= 15 is 0 Å². The van der Waals surface area contributed by atoms with Crippen LogP contribution in [-0.2, 0) is 17.9 Å². The molecule has 1 heterocycles. The molecule has 1 aromatic heterocycles. The second kappa shape index (κ2) is 8.83. The van der Waals surface area contributed by atoms with Gasteiger partial charge in [0.2, 0.25) is 5.91 Å². The van der Waals surface area contributed by atoms with E-state index < -0.39 is 12.2 Å². The van der Waals surface area contributed by atoms with E-state index in [1.165, 1.54) is 25.1 Å². The normalized spacial score (nSPS) is 11.2. The molecule has 0 saturated heterocycles. The minimum atomic E-state index is -2.85. The van der Waals surface area contributed by atoms with Gasteiger partial charge in [-0.25, -0.2) is 4.79 Å². The third kappa shape index (κ3) is 5.61. The van der Waals surface area contributed by atoms with Crippen LogP contribution in [0.5, 0.6) is 5.75 Å². The van der Waals surface area contributed by atoms with E-state index in [1.807, 2.05) is 11.9 Å². The van der Waals surface area contributed by atoms with Crippen molar-refractivity contribution in [1.29, 1.82) is 0 Å². The van der Waals surface area contributed by atoms with Gasteiger partial charge in [-0.2, -0.15) is 8.78 Å². The number of hydrogen-bond donors (Lipinski definition) is 1. The van der Waals surface area contributed by atoms with Crippen molar-refractivity contribution >= 4 is 22.6 Å². The number of carbonyl (C=O) groups is 1. The molecule has 0 aliphatic carbocycles. The molecule has 0 bridgehead atoms. The predicted molar refractivity (Wildman–Crippen MR) is 105 cm³/mol. The van der Waals surface area contributed by atoms with E-state index in [0.717, 1.165) is 16.5 Å². The lowest BCUT2D eigenvalue weighted by atomic mass is 10.1. The van der Waals surface area contributed by atoms with Crippen LogP contribution in [0.4, 0.5) is 14.5 Å². The molecule has 0 aliphatic heterocycles. The van der Waals surface area contributed by atoms with Crippen LogP contribution in [-0.4, -0.2) is 24.5 Å². The summed E-state index contributed by atoms with van der Waals surface area (Å²) in [6.07, 6.45) is 0. The van der Waals surface area contributed by atoms with E-state index in [2.05, 4.69) is 10.1 Å². The van der Waals surface area contributed by atoms with E-state index in [1.54, 1.807) is 30.3 Å². The molecule has 0 atom stereocenters. The van der Waals surface area contributed by atoms with E-state index in [9.17, 15) is 18.4 Å². The first-order valence-corrected chi connectivity index (χ1v) is 8.87. The standard InChI is InChI=1S/C21H20F2N2O4/c1-13(26)24-16-5-8-18-15(9-20(27)29-19(18)10-16)12-25(2)11-14-3-6-17(7-4-14)28-21(22)23/h3-10,21H,11-12H2,1-2H3,(H,24,26). The largest absolute Gasteiger partial charge is 0.435 e. The van der Waals surface area contributed by atoms with Gasteiger partial charge in [-0.15, -0.1) is 0 Å². The number of nitrogens with one attached hydrogen (secondary N) is 1. The van der Waals surface area contributed by atoms with Crippen LogP contribution >= 0.6 is 0 Å². The first kappa shape index (κ1) is 20.5. The maximum absolute atomic E-state index is 12.2. The van der Waals surface area contributed by atoms with Gasteiger partial charge in [0.15, 0.2) is 0 Å². The number of halogens is 2. The fourth-order valence-corrected chi connectivity index (χ4v) is 3.08. The summed E-state index contributed by atoms with van der Waals surface area (Å²) < 4.78 is 34.1. The first-order valence-electron chi connectivity index (χ1n) is 8.87. The van der Waals surface area contributed by atoms with Crippen LogP contribution in [0.25, 0.3) is 11.0 Å². The summed E-state index contributed by atoms with van der Waals surface area (Å²) in [7, 11) is 1.88. The minimum absolute atomic E-state index is 0.105. The number of fused-ring (bicyclic) bond motifs is 1. The minimum Gasteiger partial charge on any atom is -0.435 e. The fraction of sp³-hybridized carbons (Fsp3) is 0.238. The first-order chi connectivity index (χ1) is 13.8. The van der Waals surface area contributed by atoms with Gasteiger partial charge in [0, 0.05) is 43.2 Å². The number of ether oxygens (including phenoxy) is 1. The number of amides is 1. The fourth-order valence-electron chi connectivity index (χ4n) is 3.08. The molecule has 2 aromatic carbocycles. The Bertz CT molecular complexity index is 1060. The Balaban J connectivity index is 1.76. The van der Waals surface area contributed by atoms with Gasteiger partial charge in [0.1, 0.15) is 11.3 Å². The average molecular weight is 402 g/mol. The molecule has 0 fully saturated rings. The van der Waals surface area contributed by atoms with Gasteiger partial charge in [0.05, 0.1) is 0 Å². The van der Waals surface area contributed by atoms with Crippen LogP contribution < -0.4 is 15.7 Å². The summed E-state index contributed by atoms with van der Waals surface area (Å²) in [5.74, 6) is -0.111. The molecule has 0 radical (unpaired) electrons. The number of rotatable bonds is 7. The number of nitrogens with zero attached hydrogens (tertiary/aromatic N) is 1. The number of anilines is 1. The second-order valence-corrected chi connectivity index (χ2v) is 6.68. The monoisotopic (exact) mass is 402 g/mol. The maximum Gasteiger partial charge on any atom is 0.387 e.